The van der Waals surface area contributed by atoms with Crippen LogP contribution in [0.15, 0.2) is 42.5 Å². The molecule has 0 aromatic heterocycles. The molecule has 2 aromatic carbocycles. The first-order valence-corrected chi connectivity index (χ1v) is 16.1. The smallest absolute Gasteiger partial charge is 0.282 e. The Bertz CT molecular complexity index is 1410. The minimum absolute atomic E-state index is 0.0528. The fourth-order valence-corrected chi connectivity index (χ4v) is 7.08. The van der Waals surface area contributed by atoms with Crippen LogP contribution >= 0.6 is 0 Å². The molecule has 43 heavy (non-hydrogen) atoms. The molecule has 2 aromatic rings. The van der Waals surface area contributed by atoms with E-state index in [0.29, 0.717) is 42.4 Å². The Balaban J connectivity index is 1.44. The first kappa shape index (κ1) is 31.2. The average Bonchev–Trinajstić information content (AvgIpc) is 2.98. The lowest BCUT2D eigenvalue weighted by molar-refractivity contribution is -0.124. The summed E-state index contributed by atoms with van der Waals surface area (Å²) in [6.07, 6.45) is -0.170. The summed E-state index contributed by atoms with van der Waals surface area (Å²) in [7, 11) is -3.75. The number of hydrogen-bond donors (Lipinski definition) is 1. The van der Waals surface area contributed by atoms with Crippen LogP contribution in [-0.4, -0.2) is 104 Å². The molecule has 4 bridgehead atoms. The Kier molecular flexibility index (Phi) is 9.87. The predicted molar refractivity (Wildman–Crippen MR) is 158 cm³/mol. The SMILES string of the molecule is CCN1CC(=O)N[C@H]2CN(S(=O)(=O)N3CCOCC3)CC[C@@H]2OCc2cccc(c2)Oc2cc(OC(C)C)cc(c2)C1=O. The molecule has 2 atom stereocenters. The van der Waals surface area contributed by atoms with Gasteiger partial charge in [0.25, 0.3) is 16.1 Å². The molecule has 234 valence electrons. The number of morpholine rings is 1. The fraction of sp³-hybridized carbons (Fsp3) is 0.533. The third-order valence-corrected chi connectivity index (χ3v) is 9.58. The van der Waals surface area contributed by atoms with Crippen molar-refractivity contribution in [1.29, 1.82) is 0 Å². The number of amides is 2. The lowest BCUT2D eigenvalue weighted by Gasteiger charge is -2.40. The van der Waals surface area contributed by atoms with Gasteiger partial charge in [-0.05, 0) is 57.0 Å². The van der Waals surface area contributed by atoms with E-state index in [1.165, 1.54) is 13.5 Å². The van der Waals surface area contributed by atoms with Crippen LogP contribution in [0.3, 0.4) is 0 Å². The van der Waals surface area contributed by atoms with Crippen LogP contribution in [0, 0.1) is 0 Å². The summed E-state index contributed by atoms with van der Waals surface area (Å²) in [5.74, 6) is 0.714. The van der Waals surface area contributed by atoms with Crippen molar-refractivity contribution < 1.29 is 37.0 Å². The molecule has 0 radical (unpaired) electrons. The predicted octanol–water partition coefficient (Wildman–Crippen LogP) is 2.39. The molecule has 2 amide bonds. The third kappa shape index (κ3) is 7.65. The summed E-state index contributed by atoms with van der Waals surface area (Å²) < 4.78 is 53.4. The number of benzene rings is 2. The summed E-state index contributed by atoms with van der Waals surface area (Å²) >= 11 is 0. The van der Waals surface area contributed by atoms with Gasteiger partial charge in [0, 0.05) is 44.4 Å². The number of likely N-dealkylation sites (N-methyl/N-ethyl adjacent to an activating group) is 1. The van der Waals surface area contributed by atoms with Crippen molar-refractivity contribution in [3.63, 3.8) is 0 Å². The molecule has 0 spiro atoms. The molecule has 2 saturated heterocycles. The number of ether oxygens (including phenoxy) is 4. The van der Waals surface area contributed by atoms with Crippen LogP contribution in [0.25, 0.3) is 0 Å². The fourth-order valence-electron chi connectivity index (χ4n) is 5.46. The van der Waals surface area contributed by atoms with Crippen LogP contribution < -0.4 is 14.8 Å². The molecule has 12 nitrogen and oxygen atoms in total. The normalized spacial score (nSPS) is 22.9. The van der Waals surface area contributed by atoms with Gasteiger partial charge in [-0.15, -0.1) is 0 Å². The number of rotatable bonds is 5. The number of hydrogen-bond acceptors (Lipinski definition) is 8. The molecule has 3 heterocycles. The zero-order valence-corrected chi connectivity index (χ0v) is 25.7. The van der Waals surface area contributed by atoms with E-state index in [9.17, 15) is 18.0 Å². The van der Waals surface area contributed by atoms with Crippen molar-refractivity contribution in [3.05, 3.63) is 53.6 Å². The van der Waals surface area contributed by atoms with E-state index >= 15 is 0 Å². The molecule has 3 aliphatic heterocycles. The summed E-state index contributed by atoms with van der Waals surface area (Å²) in [5.41, 5.74) is 1.17. The molecule has 5 rings (SSSR count). The van der Waals surface area contributed by atoms with Crippen LogP contribution in [0.1, 0.15) is 43.1 Å². The maximum Gasteiger partial charge on any atom is 0.282 e. The van der Waals surface area contributed by atoms with Crippen molar-refractivity contribution in [1.82, 2.24) is 18.8 Å². The van der Waals surface area contributed by atoms with E-state index in [4.69, 9.17) is 18.9 Å². The van der Waals surface area contributed by atoms with E-state index in [-0.39, 0.29) is 57.9 Å². The van der Waals surface area contributed by atoms with Gasteiger partial charge in [-0.3, -0.25) is 9.59 Å². The zero-order chi connectivity index (χ0) is 30.6. The molecule has 1 N–H and O–H groups in total. The number of fused-ring (bicyclic) bond motifs is 5. The largest absolute Gasteiger partial charge is 0.491 e. The van der Waals surface area contributed by atoms with Crippen molar-refractivity contribution in [2.45, 2.75) is 52.0 Å². The standard InChI is InChI=1S/C30H40N4O8S/c1-4-32-19-29(35)31-27-18-34(43(37,38)33-10-12-39-13-11-33)9-8-28(27)40-20-22-6-5-7-24(14-22)42-26-16-23(30(32)36)15-25(17-26)41-21(2)3/h5-7,14-17,21,27-28H,4,8-13,18-20H2,1-3H3,(H,31,35)/t27-,28-/m0/s1. The average molecular weight is 617 g/mol. The van der Waals surface area contributed by atoms with Crippen molar-refractivity contribution >= 4 is 22.0 Å². The lowest BCUT2D eigenvalue weighted by Crippen LogP contribution is -2.60. The summed E-state index contributed by atoms with van der Waals surface area (Å²) in [6, 6.07) is 11.8. The van der Waals surface area contributed by atoms with Crippen molar-refractivity contribution in [2.75, 3.05) is 52.5 Å². The second-order valence-corrected chi connectivity index (χ2v) is 13.0. The molecule has 0 unspecified atom stereocenters. The molecule has 0 saturated carbocycles. The van der Waals surface area contributed by atoms with Crippen LogP contribution in [0.5, 0.6) is 17.2 Å². The van der Waals surface area contributed by atoms with Crippen LogP contribution in [-0.2, 0) is 31.1 Å². The topological polar surface area (TPSA) is 127 Å². The van der Waals surface area contributed by atoms with Gasteiger partial charge in [0.05, 0.1) is 44.6 Å². The van der Waals surface area contributed by atoms with E-state index in [0.717, 1.165) is 5.56 Å². The highest BCUT2D eigenvalue weighted by Crippen LogP contribution is 2.30. The number of carbonyl (C=O) groups is 2. The molecular formula is C30H40N4O8S. The van der Waals surface area contributed by atoms with Gasteiger partial charge in [-0.1, -0.05) is 12.1 Å². The van der Waals surface area contributed by atoms with Gasteiger partial charge in [0.2, 0.25) is 5.91 Å². The number of piperidine rings is 1. The van der Waals surface area contributed by atoms with E-state index in [2.05, 4.69) is 5.32 Å². The molecular weight excluding hydrogens is 576 g/mol. The molecule has 3 aliphatic rings. The summed E-state index contributed by atoms with van der Waals surface area (Å²) in [4.78, 5) is 28.5. The Morgan fingerprint density at radius 2 is 1.81 bits per heavy atom. The molecule has 2 fully saturated rings. The van der Waals surface area contributed by atoms with Crippen molar-refractivity contribution in [2.24, 2.45) is 0 Å². The Hall–Kier alpha value is -3.23. The summed E-state index contributed by atoms with van der Waals surface area (Å²) in [6.45, 7) is 7.47. The van der Waals surface area contributed by atoms with Gasteiger partial charge in [0.1, 0.15) is 17.2 Å². The Morgan fingerprint density at radius 1 is 1.02 bits per heavy atom. The molecule has 13 heteroatoms. The highest BCUT2D eigenvalue weighted by atomic mass is 32.2. The van der Waals surface area contributed by atoms with E-state index in [1.807, 2.05) is 38.1 Å². The highest BCUT2D eigenvalue weighted by molar-refractivity contribution is 7.86. The Morgan fingerprint density at radius 3 is 2.56 bits per heavy atom. The maximum absolute atomic E-state index is 13.6. The molecule has 0 aliphatic carbocycles. The second-order valence-electron chi connectivity index (χ2n) is 11.1. The first-order chi connectivity index (χ1) is 20.6. The zero-order valence-electron chi connectivity index (χ0n) is 24.9. The number of carbonyl (C=O) groups excluding carboxylic acids is 2. The lowest BCUT2D eigenvalue weighted by atomic mass is 10.0. The van der Waals surface area contributed by atoms with Crippen LogP contribution in [0.4, 0.5) is 0 Å². The Labute approximate surface area is 253 Å². The second kappa shape index (κ2) is 13.6. The first-order valence-electron chi connectivity index (χ1n) is 14.7. The maximum atomic E-state index is 13.6. The van der Waals surface area contributed by atoms with Crippen molar-refractivity contribution in [3.8, 4) is 17.2 Å². The number of nitrogens with one attached hydrogen (secondary N) is 1. The van der Waals surface area contributed by atoms with Gasteiger partial charge < -0.3 is 29.2 Å². The third-order valence-electron chi connectivity index (χ3n) is 7.58. The van der Waals surface area contributed by atoms with E-state index in [1.54, 1.807) is 25.1 Å². The van der Waals surface area contributed by atoms with E-state index < -0.39 is 28.3 Å². The minimum Gasteiger partial charge on any atom is -0.491 e. The summed E-state index contributed by atoms with van der Waals surface area (Å²) in [5, 5.41) is 2.99. The van der Waals surface area contributed by atoms with Gasteiger partial charge in [0.15, 0.2) is 0 Å². The van der Waals surface area contributed by atoms with Gasteiger partial charge >= 0.3 is 0 Å². The minimum atomic E-state index is -3.75. The quantitative estimate of drug-likeness (QED) is 0.543. The van der Waals surface area contributed by atoms with Gasteiger partial charge in [-0.2, -0.15) is 17.0 Å². The van der Waals surface area contributed by atoms with Crippen LogP contribution in [0.2, 0.25) is 0 Å². The van der Waals surface area contributed by atoms with Gasteiger partial charge in [-0.25, -0.2) is 0 Å². The number of nitrogens with zero attached hydrogens (tertiary/aromatic N) is 3. The highest BCUT2D eigenvalue weighted by Gasteiger charge is 2.39. The monoisotopic (exact) mass is 616 g/mol.